The summed E-state index contributed by atoms with van der Waals surface area (Å²) in [4.78, 5) is 6.54. The second kappa shape index (κ2) is 10.6. The quantitative estimate of drug-likeness (QED) is 0.413. The molecule has 0 unspecified atom stereocenters. The molecule has 0 aromatic carbocycles. The van der Waals surface area contributed by atoms with Crippen molar-refractivity contribution in [3.63, 3.8) is 0 Å². The summed E-state index contributed by atoms with van der Waals surface area (Å²) in [6.07, 6.45) is 3.58. The van der Waals surface area contributed by atoms with Crippen molar-refractivity contribution >= 4 is 29.9 Å². The first-order chi connectivity index (χ1) is 9.48. The zero-order valence-electron chi connectivity index (χ0n) is 14.1. The van der Waals surface area contributed by atoms with Gasteiger partial charge in [0.05, 0.1) is 5.60 Å². The van der Waals surface area contributed by atoms with E-state index in [4.69, 9.17) is 9.47 Å². The van der Waals surface area contributed by atoms with Crippen LogP contribution >= 0.6 is 24.0 Å². The summed E-state index contributed by atoms with van der Waals surface area (Å²) >= 11 is 0. The third-order valence-electron chi connectivity index (χ3n) is 4.01. The van der Waals surface area contributed by atoms with Crippen LogP contribution in [-0.2, 0) is 9.47 Å². The van der Waals surface area contributed by atoms with Crippen molar-refractivity contribution in [3.8, 4) is 0 Å². The fourth-order valence-electron chi connectivity index (χ4n) is 2.27. The topological polar surface area (TPSA) is 46.1 Å². The van der Waals surface area contributed by atoms with E-state index in [1.165, 1.54) is 19.3 Å². The van der Waals surface area contributed by atoms with E-state index < -0.39 is 0 Å². The molecule has 0 saturated carbocycles. The van der Waals surface area contributed by atoms with Crippen LogP contribution in [0.15, 0.2) is 4.99 Å². The maximum Gasteiger partial charge on any atom is 0.193 e. The second-order valence-electron chi connectivity index (χ2n) is 6.13. The van der Waals surface area contributed by atoms with Gasteiger partial charge in [-0.3, -0.25) is 4.99 Å². The number of methoxy groups -OCH3 is 1. The molecule has 5 nitrogen and oxygen atoms in total. The maximum absolute atomic E-state index is 5.42. The van der Waals surface area contributed by atoms with Gasteiger partial charge in [-0.2, -0.15) is 0 Å². The minimum Gasteiger partial charge on any atom is -0.381 e. The van der Waals surface area contributed by atoms with Crippen molar-refractivity contribution in [2.45, 2.75) is 38.7 Å². The van der Waals surface area contributed by atoms with Crippen molar-refractivity contribution in [1.82, 2.24) is 10.2 Å². The Labute approximate surface area is 146 Å². The van der Waals surface area contributed by atoms with Gasteiger partial charge in [-0.05, 0) is 39.0 Å². The molecule has 1 heterocycles. The normalized spacial score (nSPS) is 17.3. The molecule has 21 heavy (non-hydrogen) atoms. The van der Waals surface area contributed by atoms with Crippen LogP contribution in [-0.4, -0.2) is 64.0 Å². The van der Waals surface area contributed by atoms with E-state index in [1.807, 2.05) is 7.05 Å². The highest BCUT2D eigenvalue weighted by atomic mass is 127. The molecule has 0 spiro atoms. The lowest BCUT2D eigenvalue weighted by molar-refractivity contribution is 0.0263. The van der Waals surface area contributed by atoms with E-state index in [0.29, 0.717) is 0 Å². The summed E-state index contributed by atoms with van der Waals surface area (Å²) in [5.41, 5.74) is -0.183. The number of aliphatic imine (C=N–C) groups is 1. The van der Waals surface area contributed by atoms with Crippen LogP contribution in [0.3, 0.4) is 0 Å². The number of halogens is 1. The molecule has 1 fully saturated rings. The Morgan fingerprint density at radius 2 is 2.00 bits per heavy atom. The van der Waals surface area contributed by atoms with Gasteiger partial charge in [0.2, 0.25) is 0 Å². The van der Waals surface area contributed by atoms with Crippen LogP contribution in [0.5, 0.6) is 0 Å². The Bertz CT molecular complexity index is 305. The van der Waals surface area contributed by atoms with Gasteiger partial charge in [0, 0.05) is 47.5 Å². The van der Waals surface area contributed by atoms with Crippen LogP contribution in [0.1, 0.15) is 33.1 Å². The predicted octanol–water partition coefficient (Wildman–Crippen LogP) is 2.35. The summed E-state index contributed by atoms with van der Waals surface area (Å²) in [5, 5.41) is 3.37. The minimum absolute atomic E-state index is 0. The molecular weight excluding hydrogens is 381 g/mol. The Morgan fingerprint density at radius 3 is 2.52 bits per heavy atom. The van der Waals surface area contributed by atoms with Crippen molar-refractivity contribution in [3.05, 3.63) is 0 Å². The standard InChI is InChI=1S/C15H31N3O2.HI/c1-15(2,19-5)12-17-14(16-3)18(4)9-6-13-7-10-20-11-8-13;/h13H,6-12H2,1-5H3,(H,16,17);1H. The fourth-order valence-corrected chi connectivity index (χ4v) is 2.27. The summed E-state index contributed by atoms with van der Waals surface area (Å²) in [5.74, 6) is 1.72. The van der Waals surface area contributed by atoms with Crippen molar-refractivity contribution in [2.24, 2.45) is 10.9 Å². The number of nitrogens with zero attached hydrogens (tertiary/aromatic N) is 2. The molecular formula is C15H32IN3O2. The molecule has 0 amide bonds. The number of rotatable bonds is 6. The Kier molecular flexibility index (Phi) is 10.6. The molecule has 126 valence electrons. The Balaban J connectivity index is 0.00000400. The molecule has 0 aliphatic carbocycles. The predicted molar refractivity (Wildman–Crippen MR) is 98.7 cm³/mol. The number of hydrogen-bond acceptors (Lipinski definition) is 3. The summed E-state index contributed by atoms with van der Waals surface area (Å²) in [7, 11) is 5.65. The lowest BCUT2D eigenvalue weighted by atomic mass is 9.96. The number of guanidine groups is 1. The van der Waals surface area contributed by atoms with Crippen LogP contribution in [0.4, 0.5) is 0 Å². The van der Waals surface area contributed by atoms with Gasteiger partial charge in [-0.1, -0.05) is 0 Å². The van der Waals surface area contributed by atoms with E-state index in [2.05, 4.69) is 36.1 Å². The fraction of sp³-hybridized carbons (Fsp3) is 0.933. The highest BCUT2D eigenvalue weighted by Gasteiger charge is 2.19. The van der Waals surface area contributed by atoms with Gasteiger partial charge in [-0.15, -0.1) is 24.0 Å². The molecule has 1 rings (SSSR count). The van der Waals surface area contributed by atoms with Crippen molar-refractivity contribution in [2.75, 3.05) is 47.5 Å². The average Bonchev–Trinajstić information content (AvgIpc) is 2.46. The zero-order valence-corrected chi connectivity index (χ0v) is 16.5. The molecule has 1 aliphatic heterocycles. The maximum atomic E-state index is 5.42. The lowest BCUT2D eigenvalue weighted by Gasteiger charge is -2.29. The zero-order chi connectivity index (χ0) is 15.0. The third-order valence-corrected chi connectivity index (χ3v) is 4.01. The lowest BCUT2D eigenvalue weighted by Crippen LogP contribution is -2.46. The average molecular weight is 413 g/mol. The van der Waals surface area contributed by atoms with Gasteiger partial charge in [-0.25, -0.2) is 0 Å². The molecule has 1 N–H and O–H groups in total. The first-order valence-electron chi connectivity index (χ1n) is 7.53. The number of ether oxygens (including phenoxy) is 2. The smallest absolute Gasteiger partial charge is 0.193 e. The summed E-state index contributed by atoms with van der Waals surface area (Å²) in [6.45, 7) is 7.74. The van der Waals surface area contributed by atoms with Gasteiger partial charge in [0.25, 0.3) is 0 Å². The number of hydrogen-bond donors (Lipinski definition) is 1. The molecule has 6 heteroatoms. The largest absolute Gasteiger partial charge is 0.381 e. The van der Waals surface area contributed by atoms with E-state index in [0.717, 1.165) is 38.2 Å². The van der Waals surface area contributed by atoms with Crippen LogP contribution in [0.25, 0.3) is 0 Å². The van der Waals surface area contributed by atoms with Crippen LogP contribution < -0.4 is 5.32 Å². The van der Waals surface area contributed by atoms with Crippen molar-refractivity contribution < 1.29 is 9.47 Å². The first kappa shape index (κ1) is 20.9. The summed E-state index contributed by atoms with van der Waals surface area (Å²) < 4.78 is 10.8. The highest BCUT2D eigenvalue weighted by Crippen LogP contribution is 2.18. The molecule has 0 radical (unpaired) electrons. The van der Waals surface area contributed by atoms with E-state index in [-0.39, 0.29) is 29.6 Å². The van der Waals surface area contributed by atoms with Crippen molar-refractivity contribution in [1.29, 1.82) is 0 Å². The number of nitrogens with one attached hydrogen (secondary N) is 1. The molecule has 0 aromatic rings. The Morgan fingerprint density at radius 1 is 1.38 bits per heavy atom. The van der Waals surface area contributed by atoms with Gasteiger partial charge >= 0.3 is 0 Å². The van der Waals surface area contributed by atoms with Crippen LogP contribution in [0, 0.1) is 5.92 Å². The molecule has 0 aromatic heterocycles. The molecule has 0 atom stereocenters. The van der Waals surface area contributed by atoms with E-state index in [9.17, 15) is 0 Å². The monoisotopic (exact) mass is 413 g/mol. The third kappa shape index (κ3) is 8.21. The van der Waals surface area contributed by atoms with E-state index in [1.54, 1.807) is 7.11 Å². The SMILES string of the molecule is CN=C(NCC(C)(C)OC)N(C)CCC1CCOCC1.I. The Hall–Kier alpha value is -0.0800. The van der Waals surface area contributed by atoms with Gasteiger partial charge in [0.15, 0.2) is 5.96 Å². The molecule has 0 bridgehead atoms. The molecule has 1 saturated heterocycles. The minimum atomic E-state index is -0.183. The molecule has 1 aliphatic rings. The first-order valence-corrected chi connectivity index (χ1v) is 7.53. The van der Waals surface area contributed by atoms with E-state index >= 15 is 0 Å². The summed E-state index contributed by atoms with van der Waals surface area (Å²) in [6, 6.07) is 0. The van der Waals surface area contributed by atoms with Gasteiger partial charge < -0.3 is 19.7 Å². The second-order valence-corrected chi connectivity index (χ2v) is 6.13. The highest BCUT2D eigenvalue weighted by molar-refractivity contribution is 14.0. The van der Waals surface area contributed by atoms with Crippen LogP contribution in [0.2, 0.25) is 0 Å². The van der Waals surface area contributed by atoms with Gasteiger partial charge in [0.1, 0.15) is 0 Å².